The van der Waals surface area contributed by atoms with Gasteiger partial charge < -0.3 is 10.4 Å². The van der Waals surface area contributed by atoms with Crippen LogP contribution in [-0.2, 0) is 6.42 Å². The van der Waals surface area contributed by atoms with Gasteiger partial charge in [-0.15, -0.1) is 0 Å². The Hall–Kier alpha value is -2.36. The Morgan fingerprint density at radius 3 is 2.74 bits per heavy atom. The van der Waals surface area contributed by atoms with Crippen LogP contribution in [0, 0.1) is 6.92 Å². The third-order valence-corrected chi connectivity index (χ3v) is 2.79. The highest BCUT2D eigenvalue weighted by atomic mass is 16.3. The third kappa shape index (κ3) is 3.55. The number of pyridine rings is 1. The molecule has 2 N–H and O–H groups in total. The van der Waals surface area contributed by atoms with Crippen molar-refractivity contribution in [3.63, 3.8) is 0 Å². The lowest BCUT2D eigenvalue weighted by atomic mass is 10.1. The fourth-order valence-corrected chi connectivity index (χ4v) is 1.79. The molecule has 0 atom stereocenters. The van der Waals surface area contributed by atoms with E-state index in [-0.39, 0.29) is 11.7 Å². The van der Waals surface area contributed by atoms with Crippen LogP contribution in [0.1, 0.15) is 21.7 Å². The number of benzene rings is 1. The van der Waals surface area contributed by atoms with Gasteiger partial charge in [0, 0.05) is 12.2 Å². The number of nitrogens with zero attached hydrogens (tertiary/aromatic N) is 1. The summed E-state index contributed by atoms with van der Waals surface area (Å²) in [5.41, 5.74) is 2.05. The first-order valence-electron chi connectivity index (χ1n) is 6.15. The maximum atomic E-state index is 11.8. The molecule has 0 aliphatic rings. The Morgan fingerprint density at radius 2 is 2.00 bits per heavy atom. The van der Waals surface area contributed by atoms with Crippen LogP contribution in [0.3, 0.4) is 0 Å². The third-order valence-electron chi connectivity index (χ3n) is 2.79. The van der Waals surface area contributed by atoms with Crippen molar-refractivity contribution >= 4 is 5.91 Å². The van der Waals surface area contributed by atoms with Crippen LogP contribution >= 0.6 is 0 Å². The summed E-state index contributed by atoms with van der Waals surface area (Å²) in [5, 5.41) is 12.4. The number of nitrogens with one attached hydrogen (secondary N) is 1. The fourth-order valence-electron chi connectivity index (χ4n) is 1.79. The Morgan fingerprint density at radius 1 is 1.21 bits per heavy atom. The molecule has 2 aromatic rings. The molecule has 0 fully saturated rings. The number of carbonyl (C=O) groups excluding carboxylic acids is 1. The number of aromatic hydroxyl groups is 1. The molecule has 0 aliphatic carbocycles. The van der Waals surface area contributed by atoms with E-state index in [9.17, 15) is 9.90 Å². The molecular weight excluding hydrogens is 240 g/mol. The smallest absolute Gasteiger partial charge is 0.269 e. The first-order chi connectivity index (χ1) is 9.16. The number of phenolic OH excluding ortho intramolecular Hbond substituents is 1. The SMILES string of the molecule is Cc1cccc(C(=O)NCCc2ccccc2O)n1. The lowest BCUT2D eigenvalue weighted by molar-refractivity contribution is 0.0949. The Labute approximate surface area is 112 Å². The largest absolute Gasteiger partial charge is 0.508 e. The molecule has 1 aromatic carbocycles. The molecule has 0 unspecified atom stereocenters. The van der Waals surface area contributed by atoms with E-state index in [1.165, 1.54) is 0 Å². The van der Waals surface area contributed by atoms with Gasteiger partial charge in [-0.05, 0) is 37.1 Å². The van der Waals surface area contributed by atoms with E-state index in [2.05, 4.69) is 10.3 Å². The van der Waals surface area contributed by atoms with Crippen LogP contribution in [0.5, 0.6) is 5.75 Å². The molecule has 0 saturated heterocycles. The number of aryl methyl sites for hydroxylation is 1. The van der Waals surface area contributed by atoms with Crippen LogP contribution in [-0.4, -0.2) is 22.5 Å². The van der Waals surface area contributed by atoms with Gasteiger partial charge in [0.1, 0.15) is 11.4 Å². The number of carbonyl (C=O) groups is 1. The molecule has 0 radical (unpaired) electrons. The molecule has 0 aliphatic heterocycles. The lowest BCUT2D eigenvalue weighted by Crippen LogP contribution is -2.26. The first kappa shape index (κ1) is 13.1. The summed E-state index contributed by atoms with van der Waals surface area (Å²) in [6.45, 7) is 2.31. The summed E-state index contributed by atoms with van der Waals surface area (Å²) < 4.78 is 0. The molecule has 0 saturated carbocycles. The molecule has 4 heteroatoms. The van der Waals surface area contributed by atoms with E-state index in [1.807, 2.05) is 25.1 Å². The van der Waals surface area contributed by atoms with Crippen molar-refractivity contribution in [1.82, 2.24) is 10.3 Å². The fraction of sp³-hybridized carbons (Fsp3) is 0.200. The second-order valence-corrected chi connectivity index (χ2v) is 4.30. The van der Waals surface area contributed by atoms with Gasteiger partial charge in [-0.3, -0.25) is 4.79 Å². The predicted octanol–water partition coefficient (Wildman–Crippen LogP) is 2.07. The number of amides is 1. The second-order valence-electron chi connectivity index (χ2n) is 4.30. The minimum absolute atomic E-state index is 0.195. The number of phenols is 1. The van der Waals surface area contributed by atoms with Crippen molar-refractivity contribution < 1.29 is 9.90 Å². The highest BCUT2D eigenvalue weighted by molar-refractivity contribution is 5.92. The van der Waals surface area contributed by atoms with Crippen molar-refractivity contribution in [3.8, 4) is 5.75 Å². The summed E-state index contributed by atoms with van der Waals surface area (Å²) in [4.78, 5) is 16.0. The van der Waals surface area contributed by atoms with Crippen molar-refractivity contribution in [2.75, 3.05) is 6.54 Å². The molecule has 1 aromatic heterocycles. The highest BCUT2D eigenvalue weighted by Crippen LogP contribution is 2.15. The van der Waals surface area contributed by atoms with Crippen LogP contribution in [0.25, 0.3) is 0 Å². The summed E-state index contributed by atoms with van der Waals surface area (Å²) in [6.07, 6.45) is 0.588. The van der Waals surface area contributed by atoms with Crippen LogP contribution in [0.2, 0.25) is 0 Å². The van der Waals surface area contributed by atoms with E-state index in [4.69, 9.17) is 0 Å². The molecule has 0 bridgehead atoms. The predicted molar refractivity (Wildman–Crippen MR) is 73.1 cm³/mol. The van der Waals surface area contributed by atoms with E-state index < -0.39 is 0 Å². The number of rotatable bonds is 4. The molecule has 4 nitrogen and oxygen atoms in total. The maximum Gasteiger partial charge on any atom is 0.269 e. The van der Waals surface area contributed by atoms with Crippen molar-refractivity contribution in [2.24, 2.45) is 0 Å². The monoisotopic (exact) mass is 256 g/mol. The quantitative estimate of drug-likeness (QED) is 0.880. The molecule has 98 valence electrons. The van der Waals surface area contributed by atoms with Gasteiger partial charge in [-0.1, -0.05) is 24.3 Å². The summed E-state index contributed by atoms with van der Waals surface area (Å²) in [5.74, 6) is 0.0598. The van der Waals surface area contributed by atoms with Crippen LogP contribution < -0.4 is 5.32 Å². The van der Waals surface area contributed by atoms with Crippen LogP contribution in [0.4, 0.5) is 0 Å². The molecule has 1 heterocycles. The van der Waals surface area contributed by atoms with Crippen LogP contribution in [0.15, 0.2) is 42.5 Å². The topological polar surface area (TPSA) is 62.2 Å². The van der Waals surface area contributed by atoms with Crippen molar-refractivity contribution in [2.45, 2.75) is 13.3 Å². The van der Waals surface area contributed by atoms with Crippen molar-refractivity contribution in [3.05, 3.63) is 59.4 Å². The van der Waals surface area contributed by atoms with Gasteiger partial charge in [-0.25, -0.2) is 4.98 Å². The van der Waals surface area contributed by atoms with E-state index in [0.29, 0.717) is 18.7 Å². The lowest BCUT2D eigenvalue weighted by Gasteiger charge is -2.06. The summed E-state index contributed by atoms with van der Waals surface area (Å²) in [7, 11) is 0. The second kappa shape index (κ2) is 6.00. The Balaban J connectivity index is 1.90. The number of hydrogen-bond donors (Lipinski definition) is 2. The zero-order valence-electron chi connectivity index (χ0n) is 10.8. The average Bonchev–Trinajstić information content (AvgIpc) is 2.41. The van der Waals surface area contributed by atoms with Gasteiger partial charge in [0.15, 0.2) is 0 Å². The first-order valence-corrected chi connectivity index (χ1v) is 6.15. The number of para-hydroxylation sites is 1. The Bertz CT molecular complexity index is 582. The summed E-state index contributed by atoms with van der Waals surface area (Å²) >= 11 is 0. The molecular formula is C15H16N2O2. The minimum atomic E-state index is -0.195. The molecule has 2 rings (SSSR count). The van der Waals surface area contributed by atoms with Gasteiger partial charge in [-0.2, -0.15) is 0 Å². The number of aromatic nitrogens is 1. The zero-order chi connectivity index (χ0) is 13.7. The Kier molecular flexibility index (Phi) is 4.13. The van der Waals surface area contributed by atoms with Gasteiger partial charge in [0.2, 0.25) is 0 Å². The van der Waals surface area contributed by atoms with Gasteiger partial charge in [0.05, 0.1) is 0 Å². The highest BCUT2D eigenvalue weighted by Gasteiger charge is 2.07. The van der Waals surface area contributed by atoms with E-state index in [1.54, 1.807) is 24.3 Å². The summed E-state index contributed by atoms with van der Waals surface area (Å²) in [6, 6.07) is 12.4. The van der Waals surface area contributed by atoms with E-state index in [0.717, 1.165) is 11.3 Å². The molecule has 0 spiro atoms. The van der Waals surface area contributed by atoms with Gasteiger partial charge >= 0.3 is 0 Å². The van der Waals surface area contributed by atoms with Gasteiger partial charge in [0.25, 0.3) is 5.91 Å². The zero-order valence-corrected chi connectivity index (χ0v) is 10.8. The van der Waals surface area contributed by atoms with E-state index >= 15 is 0 Å². The standard InChI is InChI=1S/C15H16N2O2/c1-11-5-4-7-13(17-11)15(19)16-10-9-12-6-2-3-8-14(12)18/h2-8,18H,9-10H2,1H3,(H,16,19). The average molecular weight is 256 g/mol. The van der Waals surface area contributed by atoms with Crippen molar-refractivity contribution in [1.29, 1.82) is 0 Å². The molecule has 1 amide bonds. The maximum absolute atomic E-state index is 11.8. The number of hydrogen-bond acceptors (Lipinski definition) is 3. The minimum Gasteiger partial charge on any atom is -0.508 e. The normalized spacial score (nSPS) is 10.2. The molecule has 19 heavy (non-hydrogen) atoms.